The molecule has 2 aromatic heterocycles. The van der Waals surface area contributed by atoms with Gasteiger partial charge in [0.15, 0.2) is 5.65 Å². The Kier molecular flexibility index (Phi) is 7.55. The van der Waals surface area contributed by atoms with Gasteiger partial charge in [-0.25, -0.2) is 32.3 Å². The molecule has 0 bridgehead atoms. The normalized spacial score (nSPS) is 13.1. The lowest BCUT2D eigenvalue weighted by atomic mass is 10.1. The topological polar surface area (TPSA) is 139 Å². The molecule has 1 aromatic carbocycles. The van der Waals surface area contributed by atoms with Crippen LogP contribution in [0.2, 0.25) is 0 Å². The number of aryl methyl sites for hydroxylation is 2. The molecule has 11 heteroatoms. The molecule has 0 saturated heterocycles. The number of hydrogen-bond donors (Lipinski definition) is 3. The largest absolute Gasteiger partial charge is 0.493 e. The lowest BCUT2D eigenvalue weighted by Gasteiger charge is -2.20. The Morgan fingerprint density at radius 1 is 1.24 bits per heavy atom. The van der Waals surface area contributed by atoms with Crippen molar-refractivity contribution in [3.63, 3.8) is 0 Å². The van der Waals surface area contributed by atoms with Crippen LogP contribution in [-0.2, 0) is 16.4 Å². The van der Waals surface area contributed by atoms with Crippen LogP contribution in [0.15, 0.2) is 27.9 Å². The lowest BCUT2D eigenvalue weighted by molar-refractivity contribution is 0.227. The van der Waals surface area contributed by atoms with Gasteiger partial charge in [0.25, 0.3) is 0 Å². The minimum atomic E-state index is -3.95. The zero-order chi connectivity index (χ0) is 24.3. The average molecular weight is 478 g/mol. The SMILES string of the molecule is CCCc1nc(C)n2c(=O)[nH]c(-c3cc(S(=O)(=O)NC(CO)C(C)C)ccc3OCC)nc12. The Labute approximate surface area is 193 Å². The molecule has 3 aromatic rings. The van der Waals surface area contributed by atoms with Gasteiger partial charge in [0, 0.05) is 6.04 Å². The highest BCUT2D eigenvalue weighted by Crippen LogP contribution is 2.31. The number of aromatic amines is 1. The van der Waals surface area contributed by atoms with Crippen molar-refractivity contribution < 1.29 is 18.3 Å². The molecule has 1 atom stereocenters. The number of H-pyrrole nitrogens is 1. The molecule has 0 aliphatic heterocycles. The first-order valence-corrected chi connectivity index (χ1v) is 12.5. The molecule has 0 aliphatic rings. The predicted molar refractivity (Wildman–Crippen MR) is 125 cm³/mol. The van der Waals surface area contributed by atoms with Gasteiger partial charge < -0.3 is 9.84 Å². The van der Waals surface area contributed by atoms with Crippen molar-refractivity contribution in [2.24, 2.45) is 5.92 Å². The summed E-state index contributed by atoms with van der Waals surface area (Å²) in [5.74, 6) is 1.00. The monoisotopic (exact) mass is 477 g/mol. The second kappa shape index (κ2) is 10.0. The Balaban J connectivity index is 2.18. The van der Waals surface area contributed by atoms with Crippen LogP contribution in [0, 0.1) is 12.8 Å². The number of aromatic nitrogens is 4. The third-order valence-corrected chi connectivity index (χ3v) is 6.84. The summed E-state index contributed by atoms with van der Waals surface area (Å²) in [5, 5.41) is 9.55. The summed E-state index contributed by atoms with van der Waals surface area (Å²) in [6.45, 7) is 9.21. The van der Waals surface area contributed by atoms with Crippen molar-refractivity contribution in [2.75, 3.05) is 13.2 Å². The van der Waals surface area contributed by atoms with E-state index in [9.17, 15) is 18.3 Å². The number of ether oxygens (including phenoxy) is 1. The minimum absolute atomic E-state index is 0.0268. The number of fused-ring (bicyclic) bond motifs is 1. The molecule has 3 rings (SSSR count). The first-order valence-electron chi connectivity index (χ1n) is 11.0. The molecular formula is C22H31N5O5S. The van der Waals surface area contributed by atoms with Gasteiger partial charge >= 0.3 is 5.69 Å². The molecule has 180 valence electrons. The zero-order valence-corrected chi connectivity index (χ0v) is 20.4. The molecule has 2 heterocycles. The van der Waals surface area contributed by atoms with E-state index in [2.05, 4.69) is 19.7 Å². The van der Waals surface area contributed by atoms with Crippen LogP contribution >= 0.6 is 0 Å². The summed E-state index contributed by atoms with van der Waals surface area (Å²) < 4.78 is 35.7. The molecule has 1 unspecified atom stereocenters. The third kappa shape index (κ3) is 5.10. The number of nitrogens with one attached hydrogen (secondary N) is 2. The van der Waals surface area contributed by atoms with Crippen molar-refractivity contribution in [2.45, 2.75) is 58.4 Å². The van der Waals surface area contributed by atoms with Crippen LogP contribution in [0.4, 0.5) is 0 Å². The maximum absolute atomic E-state index is 13.0. The van der Waals surface area contributed by atoms with Gasteiger partial charge in [-0.1, -0.05) is 27.2 Å². The predicted octanol–water partition coefficient (Wildman–Crippen LogP) is 2.04. The molecule has 0 amide bonds. The van der Waals surface area contributed by atoms with Gasteiger partial charge in [-0.2, -0.15) is 0 Å². The van der Waals surface area contributed by atoms with E-state index in [-0.39, 0.29) is 23.2 Å². The fourth-order valence-electron chi connectivity index (χ4n) is 3.55. The van der Waals surface area contributed by atoms with E-state index >= 15 is 0 Å². The first-order chi connectivity index (χ1) is 15.6. The summed E-state index contributed by atoms with van der Waals surface area (Å²) in [7, 11) is -3.95. The van der Waals surface area contributed by atoms with E-state index < -0.39 is 21.8 Å². The molecule has 0 radical (unpaired) electrons. The quantitative estimate of drug-likeness (QED) is 0.406. The summed E-state index contributed by atoms with van der Waals surface area (Å²) in [6.07, 6.45) is 1.49. The van der Waals surface area contributed by atoms with Crippen LogP contribution in [-0.4, -0.2) is 52.1 Å². The van der Waals surface area contributed by atoms with Crippen LogP contribution in [0.25, 0.3) is 17.0 Å². The summed E-state index contributed by atoms with van der Waals surface area (Å²) >= 11 is 0. The Morgan fingerprint density at radius 3 is 2.58 bits per heavy atom. The van der Waals surface area contributed by atoms with Crippen molar-refractivity contribution in [3.05, 3.63) is 40.2 Å². The average Bonchev–Trinajstić information content (AvgIpc) is 3.08. The Hall–Kier alpha value is -2.76. The number of rotatable bonds is 10. The number of aliphatic hydroxyl groups excluding tert-OH is 1. The third-order valence-electron chi connectivity index (χ3n) is 5.35. The smallest absolute Gasteiger partial charge is 0.334 e. The highest BCUT2D eigenvalue weighted by atomic mass is 32.2. The van der Waals surface area contributed by atoms with Crippen molar-refractivity contribution in [1.29, 1.82) is 0 Å². The van der Waals surface area contributed by atoms with Gasteiger partial charge in [-0.05, 0) is 44.4 Å². The standard InChI is InChI=1S/C22H31N5O5S/c1-6-8-17-21-24-20(25-22(29)27(21)14(5)23-17)16-11-15(9-10-19(16)32-7-2)33(30,31)26-18(12-28)13(3)4/h9-11,13,18,26,28H,6-8,12H2,1-5H3,(H,24,25,29). The number of nitrogens with zero attached hydrogens (tertiary/aromatic N) is 3. The Morgan fingerprint density at radius 2 is 1.97 bits per heavy atom. The maximum Gasteiger partial charge on any atom is 0.334 e. The van der Waals surface area contributed by atoms with Crippen molar-refractivity contribution >= 4 is 15.7 Å². The van der Waals surface area contributed by atoms with Gasteiger partial charge in [0.2, 0.25) is 10.0 Å². The van der Waals surface area contributed by atoms with Gasteiger partial charge in [0.1, 0.15) is 17.4 Å². The van der Waals surface area contributed by atoms with E-state index in [1.807, 2.05) is 27.7 Å². The highest BCUT2D eigenvalue weighted by Gasteiger charge is 2.24. The van der Waals surface area contributed by atoms with E-state index in [1.54, 1.807) is 6.92 Å². The highest BCUT2D eigenvalue weighted by molar-refractivity contribution is 7.89. The van der Waals surface area contributed by atoms with Gasteiger partial charge in [-0.15, -0.1) is 0 Å². The second-order valence-corrected chi connectivity index (χ2v) is 9.86. The van der Waals surface area contributed by atoms with Crippen LogP contribution in [0.5, 0.6) is 5.75 Å². The lowest BCUT2D eigenvalue weighted by Crippen LogP contribution is -2.41. The molecule has 0 fully saturated rings. The summed E-state index contributed by atoms with van der Waals surface area (Å²) in [5.41, 5.74) is 1.05. The summed E-state index contributed by atoms with van der Waals surface area (Å²) in [6, 6.07) is 3.74. The summed E-state index contributed by atoms with van der Waals surface area (Å²) in [4.78, 5) is 24.7. The molecule has 0 aliphatic carbocycles. The number of sulfonamides is 1. The van der Waals surface area contributed by atoms with Crippen molar-refractivity contribution in [1.82, 2.24) is 24.1 Å². The maximum atomic E-state index is 13.0. The zero-order valence-electron chi connectivity index (χ0n) is 19.5. The molecule has 0 spiro atoms. The molecule has 3 N–H and O–H groups in total. The van der Waals surface area contributed by atoms with Crippen LogP contribution in [0.3, 0.4) is 0 Å². The first kappa shape index (κ1) is 24.9. The van der Waals surface area contributed by atoms with E-state index in [4.69, 9.17) is 4.74 Å². The Bertz CT molecular complexity index is 1300. The van der Waals surface area contributed by atoms with E-state index in [0.717, 1.165) is 6.42 Å². The number of benzene rings is 1. The minimum Gasteiger partial charge on any atom is -0.493 e. The number of hydrogen-bond acceptors (Lipinski definition) is 7. The van der Waals surface area contributed by atoms with Crippen molar-refractivity contribution in [3.8, 4) is 17.1 Å². The fraction of sp³-hybridized carbons (Fsp3) is 0.500. The number of imidazole rings is 1. The second-order valence-electron chi connectivity index (χ2n) is 8.15. The molecular weight excluding hydrogens is 446 g/mol. The molecule has 33 heavy (non-hydrogen) atoms. The van der Waals surface area contributed by atoms with Crippen LogP contribution in [0.1, 0.15) is 45.6 Å². The number of aliphatic hydroxyl groups is 1. The fourth-order valence-corrected chi connectivity index (χ4v) is 4.95. The molecule has 10 nitrogen and oxygen atoms in total. The van der Waals surface area contributed by atoms with Crippen LogP contribution < -0.4 is 15.1 Å². The van der Waals surface area contributed by atoms with Gasteiger partial charge in [-0.3, -0.25) is 4.98 Å². The van der Waals surface area contributed by atoms with Gasteiger partial charge in [0.05, 0.1) is 29.4 Å². The molecule has 0 saturated carbocycles. The van der Waals surface area contributed by atoms with E-state index in [0.29, 0.717) is 41.5 Å². The van der Waals surface area contributed by atoms with E-state index in [1.165, 1.54) is 22.6 Å².